The molecule has 1 aromatic heterocycles. The van der Waals surface area contributed by atoms with Gasteiger partial charge in [-0.3, -0.25) is 4.99 Å². The van der Waals surface area contributed by atoms with E-state index in [-0.39, 0.29) is 0 Å². The minimum atomic E-state index is 0.770. The largest absolute Gasteiger partial charge is 0.355 e. The molecule has 0 aromatic carbocycles. The second kappa shape index (κ2) is 9.74. The van der Waals surface area contributed by atoms with Crippen molar-refractivity contribution < 1.29 is 0 Å². The first kappa shape index (κ1) is 18.8. The third kappa shape index (κ3) is 5.89. The molecule has 0 fully saturated rings. The number of hydrogen-bond acceptors (Lipinski definition) is 2. The van der Waals surface area contributed by atoms with E-state index in [4.69, 9.17) is 11.6 Å². The number of guanidine groups is 1. The Labute approximate surface area is 139 Å². The quantitative estimate of drug-likeness (QED) is 0.588. The molecule has 0 saturated heterocycles. The van der Waals surface area contributed by atoms with Gasteiger partial charge in [0.25, 0.3) is 0 Å². The van der Waals surface area contributed by atoms with Crippen LogP contribution in [-0.2, 0) is 13.6 Å². The van der Waals surface area contributed by atoms with Crippen LogP contribution in [0.3, 0.4) is 0 Å². The van der Waals surface area contributed by atoms with Crippen LogP contribution < -0.4 is 5.32 Å². The van der Waals surface area contributed by atoms with Crippen molar-refractivity contribution in [3.05, 3.63) is 23.0 Å². The molecular formula is C16H30ClN5. The lowest BCUT2D eigenvalue weighted by atomic mass is 10.4. The molecule has 1 rings (SSSR count). The predicted molar refractivity (Wildman–Crippen MR) is 95.7 cm³/mol. The van der Waals surface area contributed by atoms with Gasteiger partial charge in [-0.05, 0) is 25.6 Å². The van der Waals surface area contributed by atoms with E-state index in [1.807, 2.05) is 38.0 Å². The summed E-state index contributed by atoms with van der Waals surface area (Å²) in [6, 6.07) is 1.99. The summed E-state index contributed by atoms with van der Waals surface area (Å²) in [5, 5.41) is 4.20. The molecule has 0 aliphatic carbocycles. The molecule has 22 heavy (non-hydrogen) atoms. The van der Waals surface area contributed by atoms with E-state index in [9.17, 15) is 0 Å². The highest BCUT2D eigenvalue weighted by Crippen LogP contribution is 2.14. The Morgan fingerprint density at radius 1 is 1.36 bits per heavy atom. The molecule has 1 N–H and O–H groups in total. The molecule has 6 heteroatoms. The summed E-state index contributed by atoms with van der Waals surface area (Å²) < 4.78 is 2.05. The van der Waals surface area contributed by atoms with Gasteiger partial charge in [-0.1, -0.05) is 25.4 Å². The van der Waals surface area contributed by atoms with Crippen molar-refractivity contribution in [1.29, 1.82) is 0 Å². The van der Waals surface area contributed by atoms with Crippen molar-refractivity contribution in [1.82, 2.24) is 19.7 Å². The van der Waals surface area contributed by atoms with Crippen LogP contribution in [0.4, 0.5) is 0 Å². The SMILES string of the molecule is CCCN(CC)CCNC(=NC)N(C)Cc1cc(Cl)cn1C. The van der Waals surface area contributed by atoms with E-state index >= 15 is 0 Å². The maximum absolute atomic E-state index is 6.04. The third-order valence-corrected chi connectivity index (χ3v) is 3.95. The number of nitrogens with zero attached hydrogens (tertiary/aromatic N) is 4. The van der Waals surface area contributed by atoms with Crippen molar-refractivity contribution >= 4 is 17.6 Å². The molecule has 0 atom stereocenters. The van der Waals surface area contributed by atoms with Gasteiger partial charge < -0.3 is 19.7 Å². The topological polar surface area (TPSA) is 35.8 Å². The summed E-state index contributed by atoms with van der Waals surface area (Å²) in [6.45, 7) is 9.37. The fourth-order valence-electron chi connectivity index (χ4n) is 2.50. The summed E-state index contributed by atoms with van der Waals surface area (Å²) in [4.78, 5) is 8.91. The van der Waals surface area contributed by atoms with Crippen LogP contribution in [0.2, 0.25) is 5.02 Å². The molecule has 0 spiro atoms. The second-order valence-corrected chi connectivity index (χ2v) is 5.96. The number of nitrogens with one attached hydrogen (secondary N) is 1. The van der Waals surface area contributed by atoms with Crippen molar-refractivity contribution in [2.45, 2.75) is 26.8 Å². The van der Waals surface area contributed by atoms with Crippen LogP contribution in [0, 0.1) is 0 Å². The van der Waals surface area contributed by atoms with Crippen LogP contribution in [0.25, 0.3) is 0 Å². The summed E-state index contributed by atoms with van der Waals surface area (Å²) in [7, 11) is 5.87. The van der Waals surface area contributed by atoms with E-state index in [1.165, 1.54) is 6.42 Å². The van der Waals surface area contributed by atoms with Crippen molar-refractivity contribution in [2.75, 3.05) is 40.3 Å². The minimum Gasteiger partial charge on any atom is -0.355 e. The zero-order valence-electron chi connectivity index (χ0n) is 14.6. The highest BCUT2D eigenvalue weighted by atomic mass is 35.5. The monoisotopic (exact) mass is 327 g/mol. The van der Waals surface area contributed by atoms with Gasteiger partial charge >= 0.3 is 0 Å². The van der Waals surface area contributed by atoms with Crippen molar-refractivity contribution in [3.63, 3.8) is 0 Å². The zero-order valence-corrected chi connectivity index (χ0v) is 15.3. The van der Waals surface area contributed by atoms with Gasteiger partial charge in [0.05, 0.1) is 11.6 Å². The van der Waals surface area contributed by atoms with E-state index < -0.39 is 0 Å². The molecule has 0 saturated carbocycles. The third-order valence-electron chi connectivity index (χ3n) is 3.75. The molecule has 1 aromatic rings. The Bertz CT molecular complexity index is 469. The molecule has 1 heterocycles. The highest BCUT2D eigenvalue weighted by molar-refractivity contribution is 6.30. The van der Waals surface area contributed by atoms with Crippen molar-refractivity contribution in [3.8, 4) is 0 Å². The van der Waals surface area contributed by atoms with E-state index in [2.05, 4.69) is 34.0 Å². The minimum absolute atomic E-state index is 0.770. The number of aryl methyl sites for hydroxylation is 1. The van der Waals surface area contributed by atoms with Crippen LogP contribution in [-0.4, -0.2) is 60.6 Å². The van der Waals surface area contributed by atoms with Gasteiger partial charge in [-0.25, -0.2) is 0 Å². The summed E-state index contributed by atoms with van der Waals surface area (Å²) in [5.41, 5.74) is 1.16. The predicted octanol–water partition coefficient (Wildman–Crippen LogP) is 2.42. The average molecular weight is 328 g/mol. The lowest BCUT2D eigenvalue weighted by Gasteiger charge is -2.24. The number of hydrogen-bond donors (Lipinski definition) is 1. The molecule has 0 aliphatic heterocycles. The lowest BCUT2D eigenvalue weighted by Crippen LogP contribution is -2.42. The fourth-order valence-corrected chi connectivity index (χ4v) is 2.77. The molecule has 5 nitrogen and oxygen atoms in total. The first-order valence-corrected chi connectivity index (χ1v) is 8.34. The van der Waals surface area contributed by atoms with E-state index in [0.717, 1.165) is 49.4 Å². The number of rotatable bonds is 8. The molecule has 0 radical (unpaired) electrons. The Kier molecular flexibility index (Phi) is 8.35. The normalized spacial score (nSPS) is 12.0. The molecule has 0 unspecified atom stereocenters. The average Bonchev–Trinajstić information content (AvgIpc) is 2.80. The number of aromatic nitrogens is 1. The molecule has 0 bridgehead atoms. The summed E-state index contributed by atoms with van der Waals surface area (Å²) >= 11 is 6.04. The van der Waals surface area contributed by atoms with Gasteiger partial charge in [-0.2, -0.15) is 0 Å². The van der Waals surface area contributed by atoms with Crippen LogP contribution in [0.15, 0.2) is 17.3 Å². The fraction of sp³-hybridized carbons (Fsp3) is 0.688. The first-order valence-electron chi connectivity index (χ1n) is 7.96. The van der Waals surface area contributed by atoms with E-state index in [0.29, 0.717) is 0 Å². The number of halogens is 1. The van der Waals surface area contributed by atoms with Gasteiger partial charge in [0.15, 0.2) is 5.96 Å². The maximum atomic E-state index is 6.04. The zero-order chi connectivity index (χ0) is 16.5. The van der Waals surface area contributed by atoms with Gasteiger partial charge in [0, 0.05) is 46.1 Å². The standard InChI is InChI=1S/C16H30ClN5/c1-6-9-22(7-2)10-8-19-16(18-3)21(5)13-15-11-14(17)12-20(15)4/h11-12H,6-10,13H2,1-5H3,(H,18,19). The molecule has 126 valence electrons. The Morgan fingerprint density at radius 2 is 2.09 bits per heavy atom. The Hall–Kier alpha value is -1.20. The van der Waals surface area contributed by atoms with E-state index in [1.54, 1.807) is 0 Å². The summed E-state index contributed by atoms with van der Waals surface area (Å²) in [6.07, 6.45) is 3.11. The first-order chi connectivity index (χ1) is 10.5. The van der Waals surface area contributed by atoms with Crippen molar-refractivity contribution in [2.24, 2.45) is 12.0 Å². The molecular weight excluding hydrogens is 298 g/mol. The molecule has 0 aliphatic rings. The van der Waals surface area contributed by atoms with Gasteiger partial charge in [0.1, 0.15) is 0 Å². The Balaban J connectivity index is 2.48. The van der Waals surface area contributed by atoms with Gasteiger partial charge in [0.2, 0.25) is 0 Å². The maximum Gasteiger partial charge on any atom is 0.193 e. The smallest absolute Gasteiger partial charge is 0.193 e. The number of aliphatic imine (C=N–C) groups is 1. The molecule has 0 amide bonds. The summed E-state index contributed by atoms with van der Waals surface area (Å²) in [5.74, 6) is 0.907. The van der Waals surface area contributed by atoms with Crippen LogP contribution >= 0.6 is 11.6 Å². The van der Waals surface area contributed by atoms with Gasteiger partial charge in [-0.15, -0.1) is 0 Å². The van der Waals surface area contributed by atoms with Crippen LogP contribution in [0.5, 0.6) is 0 Å². The highest BCUT2D eigenvalue weighted by Gasteiger charge is 2.10. The van der Waals surface area contributed by atoms with Crippen LogP contribution in [0.1, 0.15) is 26.0 Å². The number of likely N-dealkylation sites (N-methyl/N-ethyl adjacent to an activating group) is 1. The Morgan fingerprint density at radius 3 is 2.59 bits per heavy atom. The lowest BCUT2D eigenvalue weighted by molar-refractivity contribution is 0.291. The second-order valence-electron chi connectivity index (χ2n) is 5.52.